The van der Waals surface area contributed by atoms with Crippen molar-refractivity contribution in [2.75, 3.05) is 26.7 Å². The highest BCUT2D eigenvalue weighted by Crippen LogP contribution is 2.25. The van der Waals surface area contributed by atoms with Gasteiger partial charge in [0.25, 0.3) is 5.89 Å². The number of likely N-dealkylation sites (tertiary alicyclic amines) is 1. The van der Waals surface area contributed by atoms with Crippen molar-refractivity contribution in [2.24, 2.45) is 5.92 Å². The van der Waals surface area contributed by atoms with Crippen LogP contribution < -0.4 is 5.32 Å². The minimum Gasteiger partial charge on any atom is -0.441 e. The number of rotatable bonds is 9. The predicted molar refractivity (Wildman–Crippen MR) is 121 cm³/mol. The number of aryl methyl sites for hydroxylation is 2. The van der Waals surface area contributed by atoms with Crippen molar-refractivity contribution in [3.63, 3.8) is 0 Å². The first-order chi connectivity index (χ1) is 16.0. The minimum atomic E-state index is 0.0248. The van der Waals surface area contributed by atoms with Crippen molar-refractivity contribution in [3.8, 4) is 11.5 Å². The van der Waals surface area contributed by atoms with Gasteiger partial charge in [-0.1, -0.05) is 22.9 Å². The number of oxazole rings is 1. The number of hydrogen-bond acceptors (Lipinski definition) is 8. The van der Waals surface area contributed by atoms with Crippen molar-refractivity contribution >= 4 is 5.91 Å². The van der Waals surface area contributed by atoms with Gasteiger partial charge in [0.1, 0.15) is 12.4 Å². The Hall–Kier alpha value is -3.04. The first-order valence-corrected chi connectivity index (χ1v) is 11.4. The van der Waals surface area contributed by atoms with Crippen molar-refractivity contribution in [2.45, 2.75) is 46.3 Å². The van der Waals surface area contributed by atoms with E-state index in [2.05, 4.69) is 39.4 Å². The summed E-state index contributed by atoms with van der Waals surface area (Å²) in [7, 11) is 1.57. The first-order valence-electron chi connectivity index (χ1n) is 11.4. The predicted octanol–water partition coefficient (Wildman–Crippen LogP) is 3.06. The van der Waals surface area contributed by atoms with Crippen molar-refractivity contribution < 1.29 is 18.5 Å². The van der Waals surface area contributed by atoms with E-state index in [1.807, 2.05) is 19.1 Å². The quantitative estimate of drug-likeness (QED) is 0.527. The van der Waals surface area contributed by atoms with E-state index in [-0.39, 0.29) is 11.8 Å². The lowest BCUT2D eigenvalue weighted by atomic mass is 9.95. The molecule has 0 unspecified atom stereocenters. The molecule has 0 atom stereocenters. The summed E-state index contributed by atoms with van der Waals surface area (Å²) in [6.07, 6.45) is 2.19. The van der Waals surface area contributed by atoms with Gasteiger partial charge in [0.05, 0.1) is 5.69 Å². The van der Waals surface area contributed by atoms with Crippen LogP contribution >= 0.6 is 0 Å². The molecule has 9 nitrogen and oxygen atoms in total. The van der Waals surface area contributed by atoms with Crippen LogP contribution in [0.15, 0.2) is 33.2 Å². The van der Waals surface area contributed by atoms with Crippen LogP contribution in [0.3, 0.4) is 0 Å². The number of carbonyl (C=O) groups is 1. The number of piperidine rings is 1. The highest BCUT2D eigenvalue weighted by molar-refractivity contribution is 5.78. The highest BCUT2D eigenvalue weighted by atomic mass is 16.5. The Balaban J connectivity index is 1.22. The van der Waals surface area contributed by atoms with Crippen LogP contribution in [-0.4, -0.2) is 52.7 Å². The smallest absolute Gasteiger partial charge is 0.252 e. The third kappa shape index (κ3) is 6.06. The van der Waals surface area contributed by atoms with Crippen molar-refractivity contribution in [3.05, 3.63) is 53.0 Å². The van der Waals surface area contributed by atoms with Crippen molar-refractivity contribution in [1.29, 1.82) is 0 Å². The number of hydrogen-bond donors (Lipinski definition) is 1. The van der Waals surface area contributed by atoms with E-state index in [1.165, 1.54) is 5.56 Å². The molecule has 0 radical (unpaired) electrons. The van der Waals surface area contributed by atoms with Gasteiger partial charge in [-0.15, -0.1) is 0 Å². The molecule has 9 heteroatoms. The second kappa shape index (κ2) is 10.7. The van der Waals surface area contributed by atoms with Crippen LogP contribution in [-0.2, 0) is 29.1 Å². The van der Waals surface area contributed by atoms with E-state index >= 15 is 0 Å². The number of methoxy groups -OCH3 is 1. The molecule has 33 heavy (non-hydrogen) atoms. The summed E-state index contributed by atoms with van der Waals surface area (Å²) >= 11 is 0. The molecule has 1 fully saturated rings. The fourth-order valence-corrected chi connectivity index (χ4v) is 4.06. The van der Waals surface area contributed by atoms with Gasteiger partial charge in [-0.05, 0) is 51.9 Å². The SMILES string of the molecule is COCc1nc(CCNC(=O)C2CCN(Cc3nc(-c4cccc(C)c4)oc3C)CC2)no1. The van der Waals surface area contributed by atoms with Gasteiger partial charge < -0.3 is 19.0 Å². The third-order valence-electron chi connectivity index (χ3n) is 5.92. The van der Waals surface area contributed by atoms with E-state index in [1.54, 1.807) is 7.11 Å². The Bertz CT molecular complexity index is 1070. The summed E-state index contributed by atoms with van der Waals surface area (Å²) in [5, 5.41) is 6.89. The molecule has 1 aromatic carbocycles. The topological polar surface area (TPSA) is 107 Å². The lowest BCUT2D eigenvalue weighted by Gasteiger charge is -2.30. The van der Waals surface area contributed by atoms with Gasteiger partial charge in [0, 0.05) is 38.1 Å². The van der Waals surface area contributed by atoms with E-state index in [0.717, 1.165) is 49.5 Å². The monoisotopic (exact) mass is 453 g/mol. The van der Waals surface area contributed by atoms with Gasteiger partial charge in [-0.3, -0.25) is 9.69 Å². The number of carbonyl (C=O) groups excluding carboxylic acids is 1. The molecule has 1 N–H and O–H groups in total. The van der Waals surface area contributed by atoms with Crippen LogP contribution in [0.2, 0.25) is 0 Å². The summed E-state index contributed by atoms with van der Waals surface area (Å²) in [6, 6.07) is 8.17. The molecule has 0 aliphatic carbocycles. The zero-order chi connectivity index (χ0) is 23.2. The fraction of sp³-hybridized carbons (Fsp3) is 0.500. The lowest BCUT2D eigenvalue weighted by molar-refractivity contribution is -0.126. The number of nitrogens with zero attached hydrogens (tertiary/aromatic N) is 4. The molecule has 0 bridgehead atoms. The molecular formula is C24H31N5O4. The Labute approximate surface area is 193 Å². The van der Waals surface area contributed by atoms with Gasteiger partial charge in [0.15, 0.2) is 5.82 Å². The molecule has 1 aliphatic rings. The van der Waals surface area contributed by atoms with E-state index in [0.29, 0.717) is 37.2 Å². The molecule has 2 aromatic heterocycles. The number of amides is 1. The van der Waals surface area contributed by atoms with Crippen LogP contribution in [0.5, 0.6) is 0 Å². The lowest BCUT2D eigenvalue weighted by Crippen LogP contribution is -2.40. The summed E-state index contributed by atoms with van der Waals surface area (Å²) in [5.41, 5.74) is 3.14. The van der Waals surface area contributed by atoms with Crippen LogP contribution in [0.4, 0.5) is 0 Å². The standard InChI is InChI=1S/C24H31N5O4/c1-16-5-4-6-19(13-16)24-26-20(17(2)32-24)14-29-11-8-18(9-12-29)23(30)25-10-7-21-27-22(15-31-3)33-28-21/h4-6,13,18H,7-12,14-15H2,1-3H3,(H,25,30). The Morgan fingerprint density at radius 3 is 2.82 bits per heavy atom. The molecule has 1 aliphatic heterocycles. The van der Waals surface area contributed by atoms with E-state index in [9.17, 15) is 4.79 Å². The Morgan fingerprint density at radius 2 is 2.06 bits per heavy atom. The molecule has 0 spiro atoms. The second-order valence-corrected chi connectivity index (χ2v) is 8.52. The normalized spacial score (nSPS) is 15.1. The zero-order valence-electron chi connectivity index (χ0n) is 19.5. The average molecular weight is 454 g/mol. The summed E-state index contributed by atoms with van der Waals surface area (Å²) in [6.45, 7) is 7.25. The number of aromatic nitrogens is 3. The first kappa shape index (κ1) is 23.1. The van der Waals surface area contributed by atoms with Crippen LogP contribution in [0.1, 0.15) is 41.6 Å². The zero-order valence-corrected chi connectivity index (χ0v) is 19.5. The number of ether oxygens (including phenoxy) is 1. The van der Waals surface area contributed by atoms with E-state index < -0.39 is 0 Å². The van der Waals surface area contributed by atoms with Gasteiger partial charge in [0.2, 0.25) is 11.8 Å². The largest absolute Gasteiger partial charge is 0.441 e. The second-order valence-electron chi connectivity index (χ2n) is 8.52. The van der Waals surface area contributed by atoms with Crippen molar-refractivity contribution in [1.82, 2.24) is 25.3 Å². The molecular weight excluding hydrogens is 422 g/mol. The molecule has 176 valence electrons. The molecule has 1 saturated heterocycles. The molecule has 3 heterocycles. The highest BCUT2D eigenvalue weighted by Gasteiger charge is 2.26. The van der Waals surface area contributed by atoms with Gasteiger partial charge >= 0.3 is 0 Å². The minimum absolute atomic E-state index is 0.0248. The Kier molecular flexibility index (Phi) is 7.51. The summed E-state index contributed by atoms with van der Waals surface area (Å²) in [5.74, 6) is 2.65. The number of benzene rings is 1. The van der Waals surface area contributed by atoms with E-state index in [4.69, 9.17) is 18.7 Å². The van der Waals surface area contributed by atoms with Crippen LogP contribution in [0, 0.1) is 19.8 Å². The molecule has 1 amide bonds. The fourth-order valence-electron chi connectivity index (χ4n) is 4.06. The summed E-state index contributed by atoms with van der Waals surface area (Å²) in [4.78, 5) is 23.9. The maximum absolute atomic E-state index is 12.6. The van der Waals surface area contributed by atoms with Crippen LogP contribution in [0.25, 0.3) is 11.5 Å². The molecule has 0 saturated carbocycles. The van der Waals surface area contributed by atoms with Gasteiger partial charge in [-0.25, -0.2) is 4.98 Å². The Morgan fingerprint density at radius 1 is 1.24 bits per heavy atom. The average Bonchev–Trinajstić information content (AvgIpc) is 3.41. The molecule has 3 aromatic rings. The number of nitrogens with one attached hydrogen (secondary N) is 1. The maximum Gasteiger partial charge on any atom is 0.252 e. The van der Waals surface area contributed by atoms with Gasteiger partial charge in [-0.2, -0.15) is 4.98 Å². The maximum atomic E-state index is 12.6. The molecule has 4 rings (SSSR count). The summed E-state index contributed by atoms with van der Waals surface area (Å²) < 4.78 is 16.0. The third-order valence-corrected chi connectivity index (χ3v) is 5.92.